The van der Waals surface area contributed by atoms with Crippen molar-refractivity contribution in [2.45, 2.75) is 32.7 Å². The second-order valence-electron chi connectivity index (χ2n) is 4.72. The fraction of sp³-hybridized carbons (Fsp3) is 0.692. The van der Waals surface area contributed by atoms with Crippen molar-refractivity contribution in [3.8, 4) is 0 Å². The Hall–Kier alpha value is -0.590. The van der Waals surface area contributed by atoms with Gasteiger partial charge < -0.3 is 10.1 Å². The zero-order valence-electron chi connectivity index (χ0n) is 11.6. The van der Waals surface area contributed by atoms with Crippen LogP contribution in [-0.2, 0) is 4.74 Å². The summed E-state index contributed by atoms with van der Waals surface area (Å²) in [6.07, 6.45) is 0. The zero-order valence-corrected chi connectivity index (χ0v) is 13.2. The van der Waals surface area contributed by atoms with Crippen LogP contribution in [0.15, 0.2) is 0 Å². The van der Waals surface area contributed by atoms with E-state index in [1.54, 1.807) is 0 Å². The molecular formula is C13H20N2O2S2. The largest absolute Gasteiger partial charge is 0.462 e. The molecule has 19 heavy (non-hydrogen) atoms. The van der Waals surface area contributed by atoms with Crippen LogP contribution in [0.5, 0.6) is 0 Å². The van der Waals surface area contributed by atoms with Crippen LogP contribution in [-0.4, -0.2) is 35.6 Å². The Morgan fingerprint density at radius 3 is 2.95 bits per heavy atom. The van der Waals surface area contributed by atoms with E-state index in [4.69, 9.17) is 4.74 Å². The lowest BCUT2D eigenvalue weighted by molar-refractivity contribution is 0.0530. The second-order valence-corrected chi connectivity index (χ2v) is 6.90. The summed E-state index contributed by atoms with van der Waals surface area (Å²) >= 11 is 3.41. The molecular weight excluding hydrogens is 280 g/mol. The molecule has 1 aromatic heterocycles. The molecule has 1 atom stereocenters. The van der Waals surface area contributed by atoms with Gasteiger partial charge in [0.25, 0.3) is 0 Å². The zero-order chi connectivity index (χ0) is 13.8. The van der Waals surface area contributed by atoms with E-state index in [1.165, 1.54) is 11.3 Å². The van der Waals surface area contributed by atoms with Gasteiger partial charge in [-0.15, -0.1) is 11.3 Å². The molecule has 1 aliphatic rings. The molecule has 1 aromatic rings. The average molecular weight is 300 g/mol. The summed E-state index contributed by atoms with van der Waals surface area (Å²) in [5.41, 5.74) is 0.871. The molecule has 1 N–H and O–H groups in total. The number of carbonyl (C=O) groups is 1. The minimum atomic E-state index is -0.238. The van der Waals surface area contributed by atoms with Crippen LogP contribution in [0, 0.1) is 0 Å². The molecule has 1 unspecified atom stereocenters. The summed E-state index contributed by atoms with van der Waals surface area (Å²) in [5, 5.41) is 4.47. The van der Waals surface area contributed by atoms with Gasteiger partial charge in [-0.1, -0.05) is 13.8 Å². The summed E-state index contributed by atoms with van der Waals surface area (Å²) in [5.74, 6) is 2.16. The fourth-order valence-electron chi connectivity index (χ4n) is 1.96. The van der Waals surface area contributed by atoms with E-state index in [9.17, 15) is 4.79 Å². The molecule has 1 saturated heterocycles. The third-order valence-corrected chi connectivity index (χ3v) is 5.12. The van der Waals surface area contributed by atoms with Crippen molar-refractivity contribution in [1.82, 2.24) is 10.3 Å². The number of esters is 1. The van der Waals surface area contributed by atoms with E-state index in [1.807, 2.05) is 18.7 Å². The number of carbonyl (C=O) groups excluding carboxylic acids is 1. The lowest BCUT2D eigenvalue weighted by Crippen LogP contribution is -2.30. The van der Waals surface area contributed by atoms with Crippen LogP contribution >= 0.6 is 23.1 Å². The van der Waals surface area contributed by atoms with Crippen molar-refractivity contribution in [3.63, 3.8) is 0 Å². The third kappa shape index (κ3) is 3.49. The van der Waals surface area contributed by atoms with Crippen LogP contribution in [0.2, 0.25) is 0 Å². The second kappa shape index (κ2) is 6.72. The van der Waals surface area contributed by atoms with Crippen LogP contribution in [0.4, 0.5) is 0 Å². The van der Waals surface area contributed by atoms with Gasteiger partial charge in [0.1, 0.15) is 9.88 Å². The number of nitrogens with one attached hydrogen (secondary N) is 1. The van der Waals surface area contributed by atoms with Gasteiger partial charge in [-0.05, 0) is 12.8 Å². The number of aromatic nitrogens is 1. The predicted octanol–water partition coefficient (Wildman–Crippen LogP) is 2.82. The SMILES string of the molecule is CCOC(=O)c1sc(C2CSCCN2)nc1C(C)C. The Bertz CT molecular complexity index is 440. The first-order valence-electron chi connectivity index (χ1n) is 6.62. The van der Waals surface area contributed by atoms with E-state index < -0.39 is 0 Å². The number of hydrogen-bond acceptors (Lipinski definition) is 6. The van der Waals surface area contributed by atoms with Crippen molar-refractivity contribution >= 4 is 29.1 Å². The lowest BCUT2D eigenvalue weighted by atomic mass is 10.1. The quantitative estimate of drug-likeness (QED) is 0.867. The summed E-state index contributed by atoms with van der Waals surface area (Å²) in [7, 11) is 0. The standard InChI is InChI=1S/C13H20N2O2S2/c1-4-17-13(16)11-10(8(2)3)15-12(19-11)9-7-18-6-5-14-9/h8-9,14H,4-7H2,1-3H3. The Labute approximate surface area is 122 Å². The molecule has 2 heterocycles. The Morgan fingerprint density at radius 2 is 2.37 bits per heavy atom. The van der Waals surface area contributed by atoms with Crippen molar-refractivity contribution in [2.24, 2.45) is 0 Å². The van der Waals surface area contributed by atoms with E-state index in [0.717, 1.165) is 28.8 Å². The molecule has 0 aliphatic carbocycles. The first kappa shape index (κ1) is 14.8. The van der Waals surface area contributed by atoms with Crippen LogP contribution < -0.4 is 5.32 Å². The van der Waals surface area contributed by atoms with E-state index in [-0.39, 0.29) is 17.9 Å². The Kier molecular flexibility index (Phi) is 5.24. The van der Waals surface area contributed by atoms with Crippen molar-refractivity contribution < 1.29 is 9.53 Å². The summed E-state index contributed by atoms with van der Waals surface area (Å²) in [6, 6.07) is 0.268. The van der Waals surface area contributed by atoms with E-state index >= 15 is 0 Å². The maximum atomic E-state index is 12.0. The van der Waals surface area contributed by atoms with Crippen LogP contribution in [0.25, 0.3) is 0 Å². The minimum absolute atomic E-state index is 0.237. The first-order valence-corrected chi connectivity index (χ1v) is 8.59. The average Bonchev–Trinajstić information content (AvgIpc) is 2.85. The number of hydrogen-bond donors (Lipinski definition) is 1. The highest BCUT2D eigenvalue weighted by molar-refractivity contribution is 7.99. The normalized spacial score (nSPS) is 19.7. The summed E-state index contributed by atoms with van der Waals surface area (Å²) in [6.45, 7) is 7.35. The van der Waals surface area contributed by atoms with E-state index in [2.05, 4.69) is 24.1 Å². The summed E-state index contributed by atoms with van der Waals surface area (Å²) < 4.78 is 5.13. The Balaban J connectivity index is 2.26. The van der Waals surface area contributed by atoms with Crippen molar-refractivity contribution in [1.29, 1.82) is 0 Å². The molecule has 2 rings (SSSR count). The van der Waals surface area contributed by atoms with Gasteiger partial charge in [-0.25, -0.2) is 9.78 Å². The van der Waals surface area contributed by atoms with Crippen LogP contribution in [0.1, 0.15) is 53.1 Å². The van der Waals surface area contributed by atoms with Gasteiger partial charge in [0.05, 0.1) is 18.3 Å². The van der Waals surface area contributed by atoms with Gasteiger partial charge in [-0.2, -0.15) is 11.8 Å². The molecule has 0 aromatic carbocycles. The fourth-order valence-corrected chi connectivity index (χ4v) is 4.19. The Morgan fingerprint density at radius 1 is 1.58 bits per heavy atom. The molecule has 106 valence electrons. The predicted molar refractivity (Wildman–Crippen MR) is 80.2 cm³/mol. The highest BCUT2D eigenvalue weighted by Gasteiger charge is 2.25. The van der Waals surface area contributed by atoms with Crippen molar-refractivity contribution in [3.05, 3.63) is 15.6 Å². The summed E-state index contributed by atoms with van der Waals surface area (Å²) in [4.78, 5) is 17.3. The number of ether oxygens (including phenoxy) is 1. The number of nitrogens with zero attached hydrogens (tertiary/aromatic N) is 1. The first-order chi connectivity index (χ1) is 9.13. The maximum Gasteiger partial charge on any atom is 0.350 e. The molecule has 1 aliphatic heterocycles. The molecule has 4 nitrogen and oxygen atoms in total. The highest BCUT2D eigenvalue weighted by Crippen LogP contribution is 2.31. The third-order valence-electron chi connectivity index (χ3n) is 2.90. The van der Waals surface area contributed by atoms with Crippen molar-refractivity contribution in [2.75, 3.05) is 24.7 Å². The maximum absolute atomic E-state index is 12.0. The molecule has 0 saturated carbocycles. The molecule has 0 spiro atoms. The lowest BCUT2D eigenvalue weighted by Gasteiger charge is -2.20. The molecule has 0 radical (unpaired) electrons. The van der Waals surface area contributed by atoms with Gasteiger partial charge >= 0.3 is 5.97 Å². The molecule has 0 bridgehead atoms. The minimum Gasteiger partial charge on any atom is -0.462 e. The smallest absolute Gasteiger partial charge is 0.350 e. The monoisotopic (exact) mass is 300 g/mol. The molecule has 6 heteroatoms. The molecule has 1 fully saturated rings. The topological polar surface area (TPSA) is 51.2 Å². The number of thioether (sulfide) groups is 1. The van der Waals surface area contributed by atoms with E-state index in [0.29, 0.717) is 11.5 Å². The van der Waals surface area contributed by atoms with Gasteiger partial charge in [0.2, 0.25) is 0 Å². The van der Waals surface area contributed by atoms with Crippen LogP contribution in [0.3, 0.4) is 0 Å². The van der Waals surface area contributed by atoms with Gasteiger partial charge in [0.15, 0.2) is 0 Å². The highest BCUT2D eigenvalue weighted by atomic mass is 32.2. The molecule has 0 amide bonds. The number of thiazole rings is 1. The van der Waals surface area contributed by atoms with Gasteiger partial charge in [-0.3, -0.25) is 0 Å². The number of rotatable bonds is 4. The van der Waals surface area contributed by atoms with Gasteiger partial charge in [0, 0.05) is 18.1 Å².